The number of rotatable bonds is 4. The molecule has 2 fully saturated rings. The Bertz CT molecular complexity index is 584. The fourth-order valence-corrected chi connectivity index (χ4v) is 3.11. The number of anilines is 1. The van der Waals surface area contributed by atoms with Gasteiger partial charge in [0.1, 0.15) is 5.75 Å². The molecule has 23 heavy (non-hydrogen) atoms. The second kappa shape index (κ2) is 7.00. The number of nitrogens with zero attached hydrogens (tertiary/aromatic N) is 2. The van der Waals surface area contributed by atoms with Crippen LogP contribution in [0.15, 0.2) is 24.3 Å². The van der Waals surface area contributed by atoms with Crippen molar-refractivity contribution in [3.05, 3.63) is 24.3 Å². The average molecular weight is 318 g/mol. The van der Waals surface area contributed by atoms with Gasteiger partial charge in [0.05, 0.1) is 31.4 Å². The van der Waals surface area contributed by atoms with Crippen LogP contribution >= 0.6 is 0 Å². The number of hydrogen-bond donors (Lipinski definition) is 0. The summed E-state index contributed by atoms with van der Waals surface area (Å²) in [5.41, 5.74) is 0.747. The standard InChI is InChI=1S/C17H22N2O4/c1-2-23-15-6-4-3-5-14(15)19-12-13(11-16(19)20)17(21)18-7-9-22-10-8-18/h3-6,13H,2,7-12H2,1H3/t13-/m0/s1. The Morgan fingerprint density at radius 2 is 2.04 bits per heavy atom. The second-order valence-electron chi connectivity index (χ2n) is 5.74. The lowest BCUT2D eigenvalue weighted by Gasteiger charge is -2.29. The second-order valence-corrected chi connectivity index (χ2v) is 5.74. The lowest BCUT2D eigenvalue weighted by atomic mass is 10.1. The minimum absolute atomic E-state index is 0.0243. The molecule has 0 radical (unpaired) electrons. The van der Waals surface area contributed by atoms with Crippen LogP contribution in [-0.4, -0.2) is 56.2 Å². The zero-order valence-corrected chi connectivity index (χ0v) is 13.4. The molecule has 0 unspecified atom stereocenters. The van der Waals surface area contributed by atoms with E-state index < -0.39 is 0 Å². The number of carbonyl (C=O) groups excluding carboxylic acids is 2. The molecular weight excluding hydrogens is 296 g/mol. The Morgan fingerprint density at radius 3 is 2.78 bits per heavy atom. The van der Waals surface area contributed by atoms with Gasteiger partial charge in [0.15, 0.2) is 0 Å². The van der Waals surface area contributed by atoms with E-state index in [0.29, 0.717) is 45.2 Å². The molecule has 0 saturated carbocycles. The molecule has 6 nitrogen and oxygen atoms in total. The summed E-state index contributed by atoms with van der Waals surface area (Å²) in [5.74, 6) is 0.430. The minimum Gasteiger partial charge on any atom is -0.492 e. The van der Waals surface area contributed by atoms with Crippen LogP contribution in [0.5, 0.6) is 5.75 Å². The van der Waals surface area contributed by atoms with Crippen molar-refractivity contribution in [2.75, 3.05) is 44.4 Å². The first-order valence-corrected chi connectivity index (χ1v) is 8.09. The van der Waals surface area contributed by atoms with E-state index in [4.69, 9.17) is 9.47 Å². The van der Waals surface area contributed by atoms with E-state index in [1.807, 2.05) is 31.2 Å². The fraction of sp³-hybridized carbons (Fsp3) is 0.529. The highest BCUT2D eigenvalue weighted by molar-refractivity contribution is 6.01. The minimum atomic E-state index is -0.282. The number of amides is 2. The highest BCUT2D eigenvalue weighted by Crippen LogP contribution is 2.33. The topological polar surface area (TPSA) is 59.1 Å². The van der Waals surface area contributed by atoms with E-state index in [2.05, 4.69) is 0 Å². The first-order valence-electron chi connectivity index (χ1n) is 8.09. The first kappa shape index (κ1) is 15.8. The van der Waals surface area contributed by atoms with Gasteiger partial charge in [0.2, 0.25) is 11.8 Å². The molecule has 2 aliphatic rings. The van der Waals surface area contributed by atoms with Gasteiger partial charge in [-0.2, -0.15) is 0 Å². The predicted octanol–water partition coefficient (Wildman–Crippen LogP) is 1.30. The summed E-state index contributed by atoms with van der Waals surface area (Å²) in [4.78, 5) is 28.5. The van der Waals surface area contributed by atoms with Crippen LogP contribution in [0.25, 0.3) is 0 Å². The van der Waals surface area contributed by atoms with Gasteiger partial charge in [-0.1, -0.05) is 12.1 Å². The lowest BCUT2D eigenvalue weighted by Crippen LogP contribution is -2.44. The summed E-state index contributed by atoms with van der Waals surface area (Å²) in [7, 11) is 0. The van der Waals surface area contributed by atoms with Gasteiger partial charge in [-0.3, -0.25) is 9.59 Å². The Kier molecular flexibility index (Phi) is 4.81. The maximum absolute atomic E-state index is 12.6. The smallest absolute Gasteiger partial charge is 0.228 e. The van der Waals surface area contributed by atoms with Crippen molar-refractivity contribution in [3.8, 4) is 5.75 Å². The fourth-order valence-electron chi connectivity index (χ4n) is 3.11. The molecule has 1 aromatic rings. The maximum atomic E-state index is 12.6. The van der Waals surface area contributed by atoms with Crippen molar-refractivity contribution < 1.29 is 19.1 Å². The van der Waals surface area contributed by atoms with Crippen LogP contribution in [0.3, 0.4) is 0 Å². The number of benzene rings is 1. The molecule has 1 aromatic carbocycles. The van der Waals surface area contributed by atoms with E-state index in [1.165, 1.54) is 0 Å². The molecule has 2 saturated heterocycles. The van der Waals surface area contributed by atoms with Crippen LogP contribution in [0.4, 0.5) is 5.69 Å². The quantitative estimate of drug-likeness (QED) is 0.839. The molecule has 0 N–H and O–H groups in total. The van der Waals surface area contributed by atoms with Gasteiger partial charge >= 0.3 is 0 Å². The van der Waals surface area contributed by atoms with E-state index >= 15 is 0 Å². The summed E-state index contributed by atoms with van der Waals surface area (Å²) < 4.78 is 10.9. The summed E-state index contributed by atoms with van der Waals surface area (Å²) >= 11 is 0. The highest BCUT2D eigenvalue weighted by Gasteiger charge is 2.38. The van der Waals surface area contributed by atoms with Gasteiger partial charge in [0.25, 0.3) is 0 Å². The molecule has 1 atom stereocenters. The van der Waals surface area contributed by atoms with Crippen LogP contribution in [-0.2, 0) is 14.3 Å². The van der Waals surface area contributed by atoms with Crippen LogP contribution < -0.4 is 9.64 Å². The number of ether oxygens (including phenoxy) is 2. The van der Waals surface area contributed by atoms with Gasteiger partial charge in [0, 0.05) is 26.1 Å². The van der Waals surface area contributed by atoms with Crippen molar-refractivity contribution >= 4 is 17.5 Å². The Morgan fingerprint density at radius 1 is 1.30 bits per heavy atom. The van der Waals surface area contributed by atoms with Crippen molar-refractivity contribution in [1.29, 1.82) is 0 Å². The van der Waals surface area contributed by atoms with Crippen molar-refractivity contribution in [1.82, 2.24) is 4.90 Å². The molecule has 0 bridgehead atoms. The number of morpholine rings is 1. The van der Waals surface area contributed by atoms with Crippen LogP contribution in [0.1, 0.15) is 13.3 Å². The number of carbonyl (C=O) groups is 2. The molecule has 0 aromatic heterocycles. The molecule has 6 heteroatoms. The summed E-state index contributed by atoms with van der Waals surface area (Å²) in [5, 5.41) is 0. The number of hydrogen-bond acceptors (Lipinski definition) is 4. The Hall–Kier alpha value is -2.08. The third-order valence-electron chi connectivity index (χ3n) is 4.25. The van der Waals surface area contributed by atoms with E-state index in [0.717, 1.165) is 5.69 Å². The predicted molar refractivity (Wildman–Crippen MR) is 85.5 cm³/mol. The molecule has 2 heterocycles. The van der Waals surface area contributed by atoms with Crippen molar-refractivity contribution in [2.45, 2.75) is 13.3 Å². The normalized spacial score (nSPS) is 21.6. The van der Waals surface area contributed by atoms with Gasteiger partial charge in [-0.15, -0.1) is 0 Å². The molecule has 2 aliphatic heterocycles. The highest BCUT2D eigenvalue weighted by atomic mass is 16.5. The summed E-state index contributed by atoms with van der Waals surface area (Å²) in [6, 6.07) is 7.47. The van der Waals surface area contributed by atoms with Crippen molar-refractivity contribution in [2.24, 2.45) is 5.92 Å². The third-order valence-corrected chi connectivity index (χ3v) is 4.25. The van der Waals surface area contributed by atoms with Gasteiger partial charge < -0.3 is 19.3 Å². The largest absolute Gasteiger partial charge is 0.492 e. The average Bonchev–Trinajstić information content (AvgIpc) is 2.97. The molecule has 0 aliphatic carbocycles. The van der Waals surface area contributed by atoms with Crippen LogP contribution in [0, 0.1) is 5.92 Å². The van der Waals surface area contributed by atoms with E-state index in [-0.39, 0.29) is 24.2 Å². The SMILES string of the molecule is CCOc1ccccc1N1C[C@@H](C(=O)N2CCOCC2)CC1=O. The molecular formula is C17H22N2O4. The number of para-hydroxylation sites is 2. The maximum Gasteiger partial charge on any atom is 0.228 e. The third kappa shape index (κ3) is 3.32. The van der Waals surface area contributed by atoms with E-state index in [9.17, 15) is 9.59 Å². The van der Waals surface area contributed by atoms with Crippen LogP contribution in [0.2, 0.25) is 0 Å². The summed E-state index contributed by atoms with van der Waals surface area (Å²) in [6.07, 6.45) is 0.261. The van der Waals surface area contributed by atoms with Gasteiger partial charge in [-0.25, -0.2) is 0 Å². The molecule has 3 rings (SSSR count). The monoisotopic (exact) mass is 318 g/mol. The lowest BCUT2D eigenvalue weighted by molar-refractivity contribution is -0.139. The Balaban J connectivity index is 1.73. The zero-order chi connectivity index (χ0) is 16.2. The van der Waals surface area contributed by atoms with Gasteiger partial charge in [-0.05, 0) is 19.1 Å². The van der Waals surface area contributed by atoms with Crippen molar-refractivity contribution in [3.63, 3.8) is 0 Å². The molecule has 0 spiro atoms. The molecule has 124 valence electrons. The zero-order valence-electron chi connectivity index (χ0n) is 13.4. The first-order chi connectivity index (χ1) is 11.2. The molecule has 2 amide bonds. The summed E-state index contributed by atoms with van der Waals surface area (Å²) in [6.45, 7) is 5.23. The van der Waals surface area contributed by atoms with E-state index in [1.54, 1.807) is 9.80 Å². The Labute approximate surface area is 136 Å².